The predicted molar refractivity (Wildman–Crippen MR) is 170 cm³/mol. The predicted octanol–water partition coefficient (Wildman–Crippen LogP) is 5.79. The second-order valence-electron chi connectivity index (χ2n) is 13.1. The van der Waals surface area contributed by atoms with Crippen molar-refractivity contribution in [2.45, 2.75) is 55.9 Å². The molecule has 0 unspecified atom stereocenters. The molecule has 7 nitrogen and oxygen atoms in total. The molecule has 0 saturated carbocycles. The number of pyridine rings is 1. The van der Waals surface area contributed by atoms with Crippen LogP contribution in [-0.2, 0) is 0 Å². The topological polar surface area (TPSA) is 84.6 Å². The third-order valence-corrected chi connectivity index (χ3v) is 10.4. The van der Waals surface area contributed by atoms with Crippen LogP contribution in [0.15, 0.2) is 36.4 Å². The summed E-state index contributed by atoms with van der Waals surface area (Å²) in [5.41, 5.74) is 0.517. The smallest absolute Gasteiger partial charge is 0.234 e. The van der Waals surface area contributed by atoms with E-state index in [0.717, 1.165) is 32.2 Å². The summed E-state index contributed by atoms with van der Waals surface area (Å²) in [4.78, 5) is 8.88. The number of hydrogen-bond acceptors (Lipinski definition) is 7. The number of hydrogen-bond donors (Lipinski definition) is 2. The van der Waals surface area contributed by atoms with Gasteiger partial charge in [0, 0.05) is 54.5 Å². The minimum absolute atomic E-state index is 0.00610. The van der Waals surface area contributed by atoms with Crippen molar-refractivity contribution in [2.24, 2.45) is 0 Å². The monoisotopic (exact) mass is 623 g/mol. The van der Waals surface area contributed by atoms with Gasteiger partial charge in [-0.25, -0.2) is 18.2 Å². The first-order chi connectivity index (χ1) is 22.3. The Morgan fingerprint density at radius 1 is 1.09 bits per heavy atom. The van der Waals surface area contributed by atoms with Crippen LogP contribution >= 0.6 is 0 Å². The van der Waals surface area contributed by atoms with Crippen molar-refractivity contribution >= 4 is 27.4 Å². The molecular weight excluding hydrogens is 591 g/mol. The average molecular weight is 624 g/mol. The molecule has 3 aromatic carbocycles. The Bertz CT molecular complexity index is 1990. The summed E-state index contributed by atoms with van der Waals surface area (Å²) in [6.45, 7) is 2.54. The van der Waals surface area contributed by atoms with Crippen molar-refractivity contribution in [3.05, 3.63) is 59.2 Å². The molecule has 1 aromatic heterocycles. The molecule has 0 spiro atoms. The number of benzene rings is 3. The van der Waals surface area contributed by atoms with Gasteiger partial charge in [0.05, 0.1) is 16.8 Å². The third kappa shape index (κ3) is 4.46. The van der Waals surface area contributed by atoms with Crippen LogP contribution in [0, 0.1) is 35.3 Å². The first-order valence-corrected chi connectivity index (χ1v) is 15.8. The van der Waals surface area contributed by atoms with Gasteiger partial charge in [0.1, 0.15) is 41.5 Å². The maximum absolute atomic E-state index is 17.0. The second-order valence-corrected chi connectivity index (χ2v) is 13.1. The lowest BCUT2D eigenvalue weighted by Crippen LogP contribution is -2.51. The molecule has 234 valence electrons. The molecule has 4 fully saturated rings. The standard InChI is InChI=1S/C36H32F3N5O2/c1-2-25-30(38)9-4-20-12-24(45)13-28(31(20)25)26-7-8-27-33(32(26)39)42-35(46-19-36-10-3-11-44(36)16-21(37)14-36)29(15-40)34(27)43-17-22-5-6-23(18-43)41-22/h1,4,7-9,12-13,21-23,41,45H,3,5-6,10-11,14,16-19H2/t21-,22-,23+,36+/m1/s1. The van der Waals surface area contributed by atoms with Crippen molar-refractivity contribution in [2.75, 3.05) is 37.7 Å². The van der Waals surface area contributed by atoms with E-state index < -0.39 is 23.3 Å². The van der Waals surface area contributed by atoms with Gasteiger partial charge >= 0.3 is 0 Å². The van der Waals surface area contributed by atoms with Gasteiger partial charge in [-0.15, -0.1) is 6.42 Å². The van der Waals surface area contributed by atoms with Crippen LogP contribution in [0.4, 0.5) is 18.9 Å². The zero-order valence-corrected chi connectivity index (χ0v) is 25.1. The number of nitriles is 1. The summed E-state index contributed by atoms with van der Waals surface area (Å²) in [5, 5.41) is 25.9. The molecule has 0 radical (unpaired) electrons. The lowest BCUT2D eigenvalue weighted by Gasteiger charge is -2.36. The molecule has 4 saturated heterocycles. The van der Waals surface area contributed by atoms with Gasteiger partial charge in [0.2, 0.25) is 5.88 Å². The van der Waals surface area contributed by atoms with Crippen LogP contribution < -0.4 is 15.0 Å². The number of rotatable bonds is 5. The van der Waals surface area contributed by atoms with Crippen LogP contribution in [0.2, 0.25) is 0 Å². The lowest BCUT2D eigenvalue weighted by atomic mass is 9.92. The van der Waals surface area contributed by atoms with Crippen molar-refractivity contribution < 1.29 is 23.0 Å². The molecule has 46 heavy (non-hydrogen) atoms. The van der Waals surface area contributed by atoms with Gasteiger partial charge < -0.3 is 20.1 Å². The Morgan fingerprint density at radius 2 is 1.89 bits per heavy atom. The fourth-order valence-electron chi connectivity index (χ4n) is 8.41. The molecule has 4 atom stereocenters. The van der Waals surface area contributed by atoms with Crippen LogP contribution in [0.1, 0.15) is 43.2 Å². The number of fused-ring (bicyclic) bond motifs is 5. The number of terminal acetylenes is 1. The van der Waals surface area contributed by atoms with E-state index in [1.165, 1.54) is 24.3 Å². The van der Waals surface area contributed by atoms with Crippen molar-refractivity contribution in [3.63, 3.8) is 0 Å². The van der Waals surface area contributed by atoms with Crippen LogP contribution in [0.5, 0.6) is 11.6 Å². The van der Waals surface area contributed by atoms with Crippen molar-refractivity contribution in [3.8, 4) is 41.2 Å². The van der Waals surface area contributed by atoms with Gasteiger partial charge in [0.15, 0.2) is 5.82 Å². The van der Waals surface area contributed by atoms with E-state index in [4.69, 9.17) is 11.2 Å². The van der Waals surface area contributed by atoms with Crippen molar-refractivity contribution in [1.29, 1.82) is 5.26 Å². The van der Waals surface area contributed by atoms with E-state index >= 15 is 4.39 Å². The number of nitrogens with one attached hydrogen (secondary N) is 1. The number of aromatic nitrogens is 1. The van der Waals surface area contributed by atoms with Crippen LogP contribution in [-0.4, -0.2) is 71.6 Å². The minimum Gasteiger partial charge on any atom is -0.508 e. The number of phenols is 1. The number of ether oxygens (including phenoxy) is 1. The number of halogens is 3. The fraction of sp³-hybridized carbons (Fsp3) is 0.389. The summed E-state index contributed by atoms with van der Waals surface area (Å²) in [5.74, 6) is 0.917. The normalized spacial score (nSPS) is 25.6. The van der Waals surface area contributed by atoms with E-state index in [9.17, 15) is 19.1 Å². The molecule has 0 aliphatic carbocycles. The first kappa shape index (κ1) is 28.9. The number of alkyl halides is 1. The highest BCUT2D eigenvalue weighted by atomic mass is 19.1. The molecule has 8 rings (SSSR count). The van der Waals surface area contributed by atoms with Crippen molar-refractivity contribution in [1.82, 2.24) is 15.2 Å². The number of nitrogens with zero attached hydrogens (tertiary/aromatic N) is 4. The van der Waals surface area contributed by atoms with Crippen LogP contribution in [0.3, 0.4) is 0 Å². The zero-order chi connectivity index (χ0) is 31.7. The Balaban J connectivity index is 1.33. The van der Waals surface area contributed by atoms with Gasteiger partial charge in [-0.2, -0.15) is 5.26 Å². The third-order valence-electron chi connectivity index (χ3n) is 10.4. The Hall–Kier alpha value is -4.51. The minimum atomic E-state index is -0.953. The summed E-state index contributed by atoms with van der Waals surface area (Å²) < 4.78 is 52.7. The molecular formula is C36H32F3N5O2. The highest BCUT2D eigenvalue weighted by Gasteiger charge is 2.49. The fourth-order valence-corrected chi connectivity index (χ4v) is 8.41. The summed E-state index contributed by atoms with van der Waals surface area (Å²) in [6.07, 6.45) is 8.80. The molecule has 4 aliphatic heterocycles. The van der Waals surface area contributed by atoms with E-state index in [-0.39, 0.29) is 58.1 Å². The summed E-state index contributed by atoms with van der Waals surface area (Å²) in [7, 11) is 0. The molecule has 4 aliphatic rings. The maximum atomic E-state index is 17.0. The van der Waals surface area contributed by atoms with Gasteiger partial charge in [-0.3, -0.25) is 4.90 Å². The zero-order valence-electron chi connectivity index (χ0n) is 25.1. The molecule has 10 heteroatoms. The highest BCUT2D eigenvalue weighted by molar-refractivity contribution is 6.05. The number of piperazine rings is 1. The lowest BCUT2D eigenvalue weighted by molar-refractivity contribution is 0.110. The van der Waals surface area contributed by atoms with Gasteiger partial charge in [-0.05, 0) is 67.4 Å². The summed E-state index contributed by atoms with van der Waals surface area (Å²) >= 11 is 0. The number of aromatic hydroxyl groups is 1. The summed E-state index contributed by atoms with van der Waals surface area (Å²) in [6, 6.07) is 11.6. The highest BCUT2D eigenvalue weighted by Crippen LogP contribution is 2.45. The molecule has 5 heterocycles. The first-order valence-electron chi connectivity index (χ1n) is 15.8. The largest absolute Gasteiger partial charge is 0.508 e. The molecule has 2 bridgehead atoms. The average Bonchev–Trinajstić information content (AvgIpc) is 3.69. The number of phenolic OH excluding ortho intramolecular Hbond substituents is 1. The molecule has 2 N–H and O–H groups in total. The van der Waals surface area contributed by atoms with E-state index in [1.54, 1.807) is 12.1 Å². The second kappa shape index (κ2) is 10.8. The Kier molecular flexibility index (Phi) is 6.79. The van der Waals surface area contributed by atoms with Gasteiger partial charge in [-0.1, -0.05) is 18.1 Å². The molecule has 0 amide bonds. The van der Waals surface area contributed by atoms with E-state index in [2.05, 4.69) is 32.1 Å². The number of anilines is 1. The SMILES string of the molecule is C#Cc1c(F)ccc2cc(O)cc(-c3ccc4c(N5C[C@H]6CC[C@@H](C5)N6)c(C#N)c(OC[C@@]56CCCN5C[C@H](F)C6)nc4c3F)c12. The van der Waals surface area contributed by atoms with Crippen LogP contribution in [0.25, 0.3) is 32.8 Å². The Morgan fingerprint density at radius 3 is 2.65 bits per heavy atom. The Labute approximate surface area is 264 Å². The maximum Gasteiger partial charge on any atom is 0.234 e. The van der Waals surface area contributed by atoms with Gasteiger partial charge in [0.25, 0.3) is 0 Å². The quantitative estimate of drug-likeness (QED) is 0.273. The van der Waals surface area contributed by atoms with E-state index in [1.807, 2.05) is 0 Å². The molecule has 4 aromatic rings. The van der Waals surface area contributed by atoms with E-state index in [0.29, 0.717) is 47.9 Å².